The van der Waals surface area contributed by atoms with Crippen molar-refractivity contribution in [3.8, 4) is 5.75 Å². The number of ether oxygens (including phenoxy) is 2. The average molecular weight is 548 g/mol. The summed E-state index contributed by atoms with van der Waals surface area (Å²) in [5.74, 6) is -0.131. The summed E-state index contributed by atoms with van der Waals surface area (Å²) < 4.78 is 100. The number of alkyl halides is 7. The van der Waals surface area contributed by atoms with Crippen molar-refractivity contribution < 1.29 is 45.3 Å². The minimum atomic E-state index is -4.94. The number of allylic oxidation sites excluding steroid dienone is 1. The maximum atomic E-state index is 13.3. The van der Waals surface area contributed by atoms with Crippen molar-refractivity contribution in [3.05, 3.63) is 85.2 Å². The molecule has 1 atom stereocenters. The minimum Gasteiger partial charge on any atom is -0.497 e. The monoisotopic (exact) mass is 548 g/mol. The Morgan fingerprint density at radius 2 is 1.63 bits per heavy atom. The van der Waals surface area contributed by atoms with Crippen LogP contribution in [-0.2, 0) is 4.74 Å². The van der Waals surface area contributed by atoms with Gasteiger partial charge in [-0.2, -0.15) is 30.7 Å². The van der Waals surface area contributed by atoms with Gasteiger partial charge in [0.05, 0.1) is 13.7 Å². The molecule has 5 nitrogen and oxygen atoms in total. The standard InChI is InChI=1S/C26H27F7N2O3/c1-5-21(38-26(32,33)24(27)28)13-17(2)15-35(16-23(36)25(29,30)31)20-8-6-7-19(14-20)34(3)18-9-11-22(37-4)12-10-18/h5-14,23-24,36H,1-2,15-16H2,3-4H3/b21-13+. The highest BCUT2D eigenvalue weighted by Crippen LogP contribution is 2.31. The highest BCUT2D eigenvalue weighted by molar-refractivity contribution is 5.68. The molecule has 2 aromatic rings. The van der Waals surface area contributed by atoms with Crippen LogP contribution in [-0.4, -0.2) is 57.2 Å². The number of aliphatic hydroxyl groups is 1. The van der Waals surface area contributed by atoms with Gasteiger partial charge in [0, 0.05) is 30.7 Å². The molecule has 0 heterocycles. The Balaban J connectivity index is 2.37. The van der Waals surface area contributed by atoms with Crippen LogP contribution in [0.1, 0.15) is 0 Å². The number of methoxy groups -OCH3 is 1. The normalized spacial score (nSPS) is 13.2. The van der Waals surface area contributed by atoms with Crippen LogP contribution >= 0.6 is 0 Å². The zero-order valence-corrected chi connectivity index (χ0v) is 20.6. The Labute approximate surface area is 215 Å². The maximum Gasteiger partial charge on any atom is 0.461 e. The van der Waals surface area contributed by atoms with Gasteiger partial charge in [-0.15, -0.1) is 0 Å². The third-order valence-corrected chi connectivity index (χ3v) is 5.26. The Bertz CT molecular complexity index is 1120. The van der Waals surface area contributed by atoms with Gasteiger partial charge < -0.3 is 24.4 Å². The lowest BCUT2D eigenvalue weighted by molar-refractivity contribution is -0.279. The molecule has 0 aliphatic carbocycles. The zero-order valence-electron chi connectivity index (χ0n) is 20.6. The van der Waals surface area contributed by atoms with Crippen molar-refractivity contribution in [1.82, 2.24) is 0 Å². The molecule has 0 saturated heterocycles. The van der Waals surface area contributed by atoms with Crippen LogP contribution in [0.25, 0.3) is 0 Å². The lowest BCUT2D eigenvalue weighted by Gasteiger charge is -2.30. The Hall–Kier alpha value is -3.67. The van der Waals surface area contributed by atoms with Gasteiger partial charge in [-0.3, -0.25) is 0 Å². The number of hydrogen-bond donors (Lipinski definition) is 1. The van der Waals surface area contributed by atoms with Crippen molar-refractivity contribution in [3.63, 3.8) is 0 Å². The van der Waals surface area contributed by atoms with E-state index in [9.17, 15) is 35.8 Å². The third kappa shape index (κ3) is 8.44. The van der Waals surface area contributed by atoms with Gasteiger partial charge in [0.25, 0.3) is 0 Å². The topological polar surface area (TPSA) is 45.2 Å². The highest BCUT2D eigenvalue weighted by Gasteiger charge is 2.44. The quantitative estimate of drug-likeness (QED) is 0.172. The summed E-state index contributed by atoms with van der Waals surface area (Å²) in [6, 6.07) is 13.3. The number of aliphatic hydroxyl groups excluding tert-OH is 1. The zero-order chi connectivity index (χ0) is 28.7. The summed E-state index contributed by atoms with van der Waals surface area (Å²) in [4.78, 5) is 2.88. The molecular weight excluding hydrogens is 521 g/mol. The predicted octanol–water partition coefficient (Wildman–Crippen LogP) is 6.69. The first-order chi connectivity index (χ1) is 17.7. The van der Waals surface area contributed by atoms with Crippen LogP contribution in [0.2, 0.25) is 0 Å². The number of anilines is 3. The molecule has 12 heteroatoms. The van der Waals surface area contributed by atoms with Gasteiger partial charge in [-0.1, -0.05) is 19.2 Å². The average Bonchev–Trinajstić information content (AvgIpc) is 2.86. The summed E-state index contributed by atoms with van der Waals surface area (Å²) >= 11 is 0. The van der Waals surface area contributed by atoms with Crippen LogP contribution in [0.4, 0.5) is 47.8 Å². The third-order valence-electron chi connectivity index (χ3n) is 5.26. The summed E-state index contributed by atoms with van der Waals surface area (Å²) in [6.45, 7) is 5.50. The summed E-state index contributed by atoms with van der Waals surface area (Å²) in [5.41, 5.74) is 1.48. The van der Waals surface area contributed by atoms with E-state index in [1.54, 1.807) is 54.4 Å². The molecule has 0 fully saturated rings. The summed E-state index contributed by atoms with van der Waals surface area (Å²) in [5, 5.41) is 9.72. The number of rotatable bonds is 13. The predicted molar refractivity (Wildman–Crippen MR) is 131 cm³/mol. The lowest BCUT2D eigenvalue weighted by atomic mass is 10.1. The van der Waals surface area contributed by atoms with Gasteiger partial charge in [-0.05, 0) is 60.2 Å². The molecular formula is C26H27F7N2O3. The molecule has 0 bridgehead atoms. The van der Waals surface area contributed by atoms with Gasteiger partial charge in [0.1, 0.15) is 11.5 Å². The second kappa shape index (κ2) is 12.7. The van der Waals surface area contributed by atoms with Crippen LogP contribution < -0.4 is 14.5 Å². The second-order valence-corrected chi connectivity index (χ2v) is 8.09. The van der Waals surface area contributed by atoms with Crippen molar-refractivity contribution in [2.45, 2.75) is 24.8 Å². The number of nitrogens with zero attached hydrogens (tertiary/aromatic N) is 2. The van der Waals surface area contributed by atoms with E-state index in [0.717, 1.165) is 22.7 Å². The fraction of sp³-hybridized carbons (Fsp3) is 0.308. The summed E-state index contributed by atoms with van der Waals surface area (Å²) in [7, 11) is 3.25. The molecule has 0 aliphatic rings. The highest BCUT2D eigenvalue weighted by atomic mass is 19.4. The molecule has 38 heavy (non-hydrogen) atoms. The van der Waals surface area contributed by atoms with Crippen molar-refractivity contribution in [2.24, 2.45) is 0 Å². The molecule has 0 radical (unpaired) electrons. The first-order valence-electron chi connectivity index (χ1n) is 11.0. The maximum absolute atomic E-state index is 13.3. The molecule has 2 aromatic carbocycles. The Kier molecular flexibility index (Phi) is 10.2. The van der Waals surface area contributed by atoms with Crippen LogP contribution in [0, 0.1) is 0 Å². The number of hydrogen-bond acceptors (Lipinski definition) is 5. The molecule has 1 N–H and O–H groups in total. The SMILES string of the molecule is C=C/C(=C\C(=C)CN(CC(O)C(F)(F)F)c1cccc(N(C)c2ccc(OC)cc2)c1)OC(F)(F)C(F)F. The van der Waals surface area contributed by atoms with Gasteiger partial charge in [0.15, 0.2) is 6.10 Å². The molecule has 2 rings (SSSR count). The minimum absolute atomic E-state index is 0.0757. The van der Waals surface area contributed by atoms with Crippen molar-refractivity contribution in [1.29, 1.82) is 0 Å². The second-order valence-electron chi connectivity index (χ2n) is 8.09. The molecule has 0 spiro atoms. The summed E-state index contributed by atoms with van der Waals surface area (Å²) in [6.07, 6.45) is -15.0. The fourth-order valence-corrected chi connectivity index (χ4v) is 3.25. The molecule has 0 amide bonds. The van der Waals surface area contributed by atoms with Crippen LogP contribution in [0.5, 0.6) is 5.75 Å². The number of benzene rings is 2. The molecule has 208 valence electrons. The van der Waals surface area contributed by atoms with E-state index in [-0.39, 0.29) is 11.3 Å². The molecule has 0 aliphatic heterocycles. The van der Waals surface area contributed by atoms with E-state index in [0.29, 0.717) is 11.4 Å². The van der Waals surface area contributed by atoms with E-state index in [1.165, 1.54) is 13.2 Å². The van der Waals surface area contributed by atoms with E-state index in [1.807, 2.05) is 0 Å². The van der Waals surface area contributed by atoms with Crippen LogP contribution in [0.15, 0.2) is 85.2 Å². The first-order valence-corrected chi connectivity index (χ1v) is 11.0. The van der Waals surface area contributed by atoms with E-state index < -0.39 is 43.7 Å². The molecule has 0 saturated carbocycles. The largest absolute Gasteiger partial charge is 0.497 e. The first kappa shape index (κ1) is 30.6. The smallest absolute Gasteiger partial charge is 0.461 e. The van der Waals surface area contributed by atoms with Crippen molar-refractivity contribution in [2.75, 3.05) is 37.0 Å². The fourth-order valence-electron chi connectivity index (χ4n) is 3.25. The van der Waals surface area contributed by atoms with Crippen molar-refractivity contribution >= 4 is 17.1 Å². The van der Waals surface area contributed by atoms with E-state index >= 15 is 0 Å². The van der Waals surface area contributed by atoms with Gasteiger partial charge in [-0.25, -0.2) is 0 Å². The van der Waals surface area contributed by atoms with Gasteiger partial charge in [0.2, 0.25) is 0 Å². The van der Waals surface area contributed by atoms with Gasteiger partial charge >= 0.3 is 18.7 Å². The molecule has 0 aromatic heterocycles. The van der Waals surface area contributed by atoms with Crippen LogP contribution in [0.3, 0.4) is 0 Å². The molecule has 1 unspecified atom stereocenters. The van der Waals surface area contributed by atoms with E-state index in [4.69, 9.17) is 4.74 Å². The number of halogens is 7. The Morgan fingerprint density at radius 1 is 1.03 bits per heavy atom. The lowest BCUT2D eigenvalue weighted by Crippen LogP contribution is -2.41. The Morgan fingerprint density at radius 3 is 2.16 bits per heavy atom. The van der Waals surface area contributed by atoms with E-state index in [2.05, 4.69) is 17.9 Å².